The van der Waals surface area contributed by atoms with E-state index in [1.165, 1.54) is 37.4 Å². The van der Waals surface area contributed by atoms with E-state index < -0.39 is 0 Å². The highest BCUT2D eigenvalue weighted by atomic mass is 32.1. The molecule has 0 spiro atoms. The predicted octanol–water partition coefficient (Wildman–Crippen LogP) is 10.4. The topological polar surface area (TPSA) is 30.7 Å². The fourth-order valence-electron chi connectivity index (χ4n) is 6.20. The molecule has 0 radical (unpaired) electrons. The van der Waals surface area contributed by atoms with E-state index in [-0.39, 0.29) is 0 Å². The molecule has 0 aliphatic rings. The van der Waals surface area contributed by atoms with Crippen molar-refractivity contribution in [1.29, 1.82) is 0 Å². The zero-order valence-corrected chi connectivity index (χ0v) is 23.3. The van der Waals surface area contributed by atoms with Crippen LogP contribution in [0.4, 0.5) is 0 Å². The number of hydrogen-bond donors (Lipinski definition) is 0. The quantitative estimate of drug-likeness (QED) is 0.218. The van der Waals surface area contributed by atoms with Crippen LogP contribution in [0, 0.1) is 0 Å². The molecule has 0 atom stereocenters. The van der Waals surface area contributed by atoms with Gasteiger partial charge in [-0.3, -0.25) is 4.57 Å². The smallest absolute Gasteiger partial charge is 0.166 e. The molecule has 0 amide bonds. The van der Waals surface area contributed by atoms with Crippen LogP contribution >= 0.6 is 11.3 Å². The van der Waals surface area contributed by atoms with Gasteiger partial charge in [0.15, 0.2) is 5.82 Å². The summed E-state index contributed by atoms with van der Waals surface area (Å²) in [7, 11) is 0. The summed E-state index contributed by atoms with van der Waals surface area (Å²) >= 11 is 1.71. The van der Waals surface area contributed by atoms with Crippen LogP contribution in [-0.2, 0) is 0 Å². The lowest BCUT2D eigenvalue weighted by atomic mass is 10.0. The molecule has 0 aliphatic heterocycles. The molecule has 0 N–H and O–H groups in total. The number of benzene rings is 6. The third-order valence-electron chi connectivity index (χ3n) is 8.20. The van der Waals surface area contributed by atoms with Crippen molar-refractivity contribution in [2.24, 2.45) is 0 Å². The molecule has 4 heteroatoms. The maximum Gasteiger partial charge on any atom is 0.166 e. The fraction of sp³-hybridized carbons (Fsp3) is 0. The van der Waals surface area contributed by atoms with Gasteiger partial charge in [-0.25, -0.2) is 9.97 Å². The summed E-state index contributed by atoms with van der Waals surface area (Å²) in [6.07, 6.45) is 0. The van der Waals surface area contributed by atoms with E-state index in [1.807, 2.05) is 6.07 Å². The van der Waals surface area contributed by atoms with Crippen LogP contribution in [0.1, 0.15) is 0 Å². The standard InChI is InChI=1S/C38H23N3S/c1-3-11-24(12-4-1)28-19-20-30-34(23-28)42-38-36(30)39-35(25-13-5-2-6-14-25)37(40-38)41-32-18-10-9-17-29(32)31-21-26-15-7-8-16-27(26)22-33(31)41/h1-23H. The zero-order valence-electron chi connectivity index (χ0n) is 22.5. The number of aromatic nitrogens is 3. The Hall–Kier alpha value is -5.32. The zero-order chi connectivity index (χ0) is 27.6. The van der Waals surface area contributed by atoms with E-state index >= 15 is 0 Å². The first-order chi connectivity index (χ1) is 20.8. The summed E-state index contributed by atoms with van der Waals surface area (Å²) < 4.78 is 3.50. The molecule has 3 heterocycles. The maximum atomic E-state index is 5.43. The molecule has 0 aliphatic carbocycles. The second kappa shape index (κ2) is 9.10. The highest BCUT2D eigenvalue weighted by Gasteiger charge is 2.21. The van der Waals surface area contributed by atoms with Gasteiger partial charge < -0.3 is 0 Å². The lowest BCUT2D eigenvalue weighted by molar-refractivity contribution is 1.09. The van der Waals surface area contributed by atoms with Crippen molar-refractivity contribution in [1.82, 2.24) is 14.5 Å². The van der Waals surface area contributed by atoms with Gasteiger partial charge >= 0.3 is 0 Å². The summed E-state index contributed by atoms with van der Waals surface area (Å²) in [5.41, 5.74) is 7.55. The van der Waals surface area contributed by atoms with Crippen LogP contribution in [0.25, 0.3) is 81.2 Å². The molecule has 0 saturated heterocycles. The first-order valence-corrected chi connectivity index (χ1v) is 14.9. The van der Waals surface area contributed by atoms with Gasteiger partial charge in [0.1, 0.15) is 16.0 Å². The van der Waals surface area contributed by atoms with Crippen LogP contribution in [0.5, 0.6) is 0 Å². The van der Waals surface area contributed by atoms with Gasteiger partial charge in [-0.05, 0) is 46.2 Å². The lowest BCUT2D eigenvalue weighted by Gasteiger charge is -2.13. The first kappa shape index (κ1) is 23.4. The molecular formula is C38H23N3S. The average molecular weight is 554 g/mol. The summed E-state index contributed by atoms with van der Waals surface area (Å²) in [6, 6.07) is 49.4. The molecular weight excluding hydrogens is 531 g/mol. The maximum absolute atomic E-state index is 5.43. The van der Waals surface area contributed by atoms with Gasteiger partial charge in [-0.15, -0.1) is 11.3 Å². The molecule has 0 unspecified atom stereocenters. The van der Waals surface area contributed by atoms with Crippen LogP contribution in [0.15, 0.2) is 140 Å². The number of nitrogens with zero attached hydrogens (tertiary/aromatic N) is 3. The fourth-order valence-corrected chi connectivity index (χ4v) is 7.26. The number of para-hydroxylation sites is 1. The molecule has 0 fully saturated rings. The number of thiophene rings is 1. The van der Waals surface area contributed by atoms with Gasteiger partial charge in [0.2, 0.25) is 0 Å². The van der Waals surface area contributed by atoms with Crippen LogP contribution in [-0.4, -0.2) is 14.5 Å². The van der Waals surface area contributed by atoms with E-state index in [4.69, 9.17) is 9.97 Å². The summed E-state index contributed by atoms with van der Waals surface area (Å²) in [6.45, 7) is 0. The Bertz CT molecular complexity index is 2460. The highest BCUT2D eigenvalue weighted by Crippen LogP contribution is 2.40. The molecule has 196 valence electrons. The van der Waals surface area contributed by atoms with E-state index in [2.05, 4.69) is 138 Å². The van der Waals surface area contributed by atoms with Gasteiger partial charge in [0.05, 0.1) is 11.0 Å². The van der Waals surface area contributed by atoms with E-state index in [9.17, 15) is 0 Å². The number of rotatable bonds is 3. The monoisotopic (exact) mass is 553 g/mol. The Morgan fingerprint density at radius 3 is 1.98 bits per heavy atom. The van der Waals surface area contributed by atoms with Crippen molar-refractivity contribution in [3.8, 4) is 28.2 Å². The molecule has 3 aromatic heterocycles. The Balaban J connectivity index is 1.39. The third kappa shape index (κ3) is 3.52. The molecule has 0 bridgehead atoms. The van der Waals surface area contributed by atoms with E-state index in [0.717, 1.165) is 43.8 Å². The van der Waals surface area contributed by atoms with Crippen molar-refractivity contribution in [3.05, 3.63) is 140 Å². The Kier molecular flexibility index (Phi) is 5.07. The Labute approximate surface area is 246 Å². The summed E-state index contributed by atoms with van der Waals surface area (Å²) in [4.78, 5) is 11.8. The minimum absolute atomic E-state index is 0.852. The van der Waals surface area contributed by atoms with E-state index in [0.29, 0.717) is 0 Å². The van der Waals surface area contributed by atoms with Crippen molar-refractivity contribution >= 4 is 64.3 Å². The highest BCUT2D eigenvalue weighted by molar-refractivity contribution is 7.25. The summed E-state index contributed by atoms with van der Waals surface area (Å²) in [5, 5.41) is 6.01. The second-order valence-corrected chi connectivity index (χ2v) is 11.7. The normalized spacial score (nSPS) is 11.8. The molecule has 9 rings (SSSR count). The minimum Gasteiger partial charge on any atom is -0.292 e. The van der Waals surface area contributed by atoms with Crippen LogP contribution in [0.2, 0.25) is 0 Å². The van der Waals surface area contributed by atoms with Crippen molar-refractivity contribution in [3.63, 3.8) is 0 Å². The van der Waals surface area contributed by atoms with Gasteiger partial charge in [0.25, 0.3) is 0 Å². The van der Waals surface area contributed by atoms with E-state index in [1.54, 1.807) is 11.3 Å². The summed E-state index contributed by atoms with van der Waals surface area (Å²) in [5.74, 6) is 0.852. The van der Waals surface area contributed by atoms with Crippen LogP contribution in [0.3, 0.4) is 0 Å². The van der Waals surface area contributed by atoms with Crippen molar-refractivity contribution in [2.45, 2.75) is 0 Å². The average Bonchev–Trinajstić information content (AvgIpc) is 3.58. The number of fused-ring (bicyclic) bond motifs is 7. The van der Waals surface area contributed by atoms with Gasteiger partial charge in [-0.1, -0.05) is 115 Å². The predicted molar refractivity (Wildman–Crippen MR) is 178 cm³/mol. The molecule has 9 aromatic rings. The SMILES string of the molecule is c1ccc(-c2ccc3c(c2)sc2nc(-n4c5ccccc5c5cc6ccccc6cc54)c(-c4ccccc4)nc23)cc1. The van der Waals surface area contributed by atoms with Gasteiger partial charge in [-0.2, -0.15) is 0 Å². The molecule has 0 saturated carbocycles. The first-order valence-electron chi connectivity index (χ1n) is 14.1. The third-order valence-corrected chi connectivity index (χ3v) is 9.23. The molecule has 6 aromatic carbocycles. The largest absolute Gasteiger partial charge is 0.292 e. The van der Waals surface area contributed by atoms with Crippen LogP contribution < -0.4 is 0 Å². The Morgan fingerprint density at radius 2 is 1.17 bits per heavy atom. The van der Waals surface area contributed by atoms with Crippen molar-refractivity contribution in [2.75, 3.05) is 0 Å². The minimum atomic E-state index is 0.852. The molecule has 42 heavy (non-hydrogen) atoms. The Morgan fingerprint density at radius 1 is 0.476 bits per heavy atom. The van der Waals surface area contributed by atoms with Gasteiger partial charge in [0, 0.05) is 26.4 Å². The van der Waals surface area contributed by atoms with Crippen molar-refractivity contribution < 1.29 is 0 Å². The molecule has 3 nitrogen and oxygen atoms in total. The number of hydrogen-bond acceptors (Lipinski definition) is 3. The second-order valence-electron chi connectivity index (χ2n) is 10.7. The lowest BCUT2D eigenvalue weighted by Crippen LogP contribution is -2.02.